The lowest BCUT2D eigenvalue weighted by Crippen LogP contribution is -2.54. The molecule has 0 aromatic rings. The zero-order valence-electron chi connectivity index (χ0n) is 17.7. The van der Waals surface area contributed by atoms with Gasteiger partial charge < -0.3 is 43.4 Å². The first-order chi connectivity index (χ1) is 15.0. The van der Waals surface area contributed by atoms with Crippen LogP contribution in [0.5, 0.6) is 0 Å². The highest BCUT2D eigenvalue weighted by atomic mass is 32.2. The molecule has 182 valence electrons. The van der Waals surface area contributed by atoms with Crippen molar-refractivity contribution in [3.05, 3.63) is 0 Å². The van der Waals surface area contributed by atoms with Crippen LogP contribution in [0.4, 0.5) is 0 Å². The SMILES string of the molecule is CSCCC(NC(=O)C(CCCN=C(N)N)NC(=O)CNC(=O)C(N)CC(=O)O)C(=O)O. The van der Waals surface area contributed by atoms with Crippen molar-refractivity contribution in [2.75, 3.05) is 25.1 Å². The van der Waals surface area contributed by atoms with E-state index in [4.69, 9.17) is 22.3 Å². The van der Waals surface area contributed by atoms with Crippen LogP contribution in [0.3, 0.4) is 0 Å². The monoisotopic (exact) mass is 477 g/mol. The summed E-state index contributed by atoms with van der Waals surface area (Å²) in [6.45, 7) is -0.379. The molecular weight excluding hydrogens is 446 g/mol. The summed E-state index contributed by atoms with van der Waals surface area (Å²) in [5.74, 6) is -4.44. The van der Waals surface area contributed by atoms with Crippen LogP contribution in [-0.4, -0.2) is 89.1 Å². The van der Waals surface area contributed by atoms with Crippen LogP contribution in [0.1, 0.15) is 25.7 Å². The minimum atomic E-state index is -1.34. The quantitative estimate of drug-likeness (QED) is 0.0622. The lowest BCUT2D eigenvalue weighted by Gasteiger charge is -2.21. The molecule has 0 heterocycles. The van der Waals surface area contributed by atoms with Crippen molar-refractivity contribution in [2.24, 2.45) is 22.2 Å². The number of nitrogens with two attached hydrogens (primary N) is 3. The Bertz CT molecular complexity index is 701. The van der Waals surface area contributed by atoms with E-state index >= 15 is 0 Å². The van der Waals surface area contributed by atoms with Crippen molar-refractivity contribution in [1.82, 2.24) is 16.0 Å². The Labute approximate surface area is 189 Å². The maximum absolute atomic E-state index is 12.6. The van der Waals surface area contributed by atoms with Crippen LogP contribution >= 0.6 is 11.8 Å². The van der Waals surface area contributed by atoms with Crippen molar-refractivity contribution in [3.8, 4) is 0 Å². The molecule has 0 fully saturated rings. The van der Waals surface area contributed by atoms with Crippen molar-refractivity contribution < 1.29 is 34.2 Å². The summed E-state index contributed by atoms with van der Waals surface area (Å²) in [5.41, 5.74) is 15.9. The normalized spacial score (nSPS) is 13.2. The van der Waals surface area contributed by atoms with E-state index in [-0.39, 0.29) is 25.3 Å². The molecular formula is C17H31N7O7S. The molecule has 0 saturated heterocycles. The number of amides is 3. The van der Waals surface area contributed by atoms with E-state index in [1.54, 1.807) is 6.26 Å². The smallest absolute Gasteiger partial charge is 0.326 e. The number of aliphatic carboxylic acids is 2. The minimum absolute atomic E-state index is 0.0930. The van der Waals surface area contributed by atoms with Crippen LogP contribution in [0, 0.1) is 0 Å². The largest absolute Gasteiger partial charge is 0.481 e. The van der Waals surface area contributed by atoms with Crippen LogP contribution in [0.15, 0.2) is 4.99 Å². The number of carbonyl (C=O) groups excluding carboxylic acids is 3. The summed E-state index contributed by atoms with van der Waals surface area (Å²) in [5, 5.41) is 24.9. The van der Waals surface area contributed by atoms with E-state index in [1.807, 2.05) is 0 Å². The van der Waals surface area contributed by atoms with Crippen molar-refractivity contribution >= 4 is 47.4 Å². The van der Waals surface area contributed by atoms with Gasteiger partial charge in [0, 0.05) is 6.54 Å². The zero-order chi connectivity index (χ0) is 24.7. The molecule has 0 aromatic heterocycles. The van der Waals surface area contributed by atoms with E-state index in [1.165, 1.54) is 11.8 Å². The lowest BCUT2D eigenvalue weighted by atomic mass is 10.1. The molecule has 0 bridgehead atoms. The summed E-state index contributed by atoms with van der Waals surface area (Å²) in [6.07, 6.45) is 1.76. The zero-order valence-corrected chi connectivity index (χ0v) is 18.5. The Morgan fingerprint density at radius 3 is 2.19 bits per heavy atom. The number of nitrogens with zero attached hydrogens (tertiary/aromatic N) is 1. The number of guanidine groups is 1. The van der Waals surface area contributed by atoms with Gasteiger partial charge in [-0.2, -0.15) is 11.8 Å². The second-order valence-corrected chi connectivity index (χ2v) is 7.66. The second kappa shape index (κ2) is 15.7. The van der Waals surface area contributed by atoms with Crippen molar-refractivity contribution in [1.29, 1.82) is 0 Å². The van der Waals surface area contributed by atoms with Crippen LogP contribution in [-0.2, 0) is 24.0 Å². The number of carboxylic acid groups (broad SMARTS) is 2. The fourth-order valence-electron chi connectivity index (χ4n) is 2.36. The highest BCUT2D eigenvalue weighted by Crippen LogP contribution is 2.04. The van der Waals surface area contributed by atoms with E-state index in [0.29, 0.717) is 12.2 Å². The van der Waals surface area contributed by atoms with Gasteiger partial charge in [-0.25, -0.2) is 4.79 Å². The first-order valence-electron chi connectivity index (χ1n) is 9.59. The third-order valence-corrected chi connectivity index (χ3v) is 4.62. The third kappa shape index (κ3) is 13.3. The third-order valence-electron chi connectivity index (χ3n) is 3.98. The average Bonchev–Trinajstić information content (AvgIpc) is 2.70. The lowest BCUT2D eigenvalue weighted by molar-refractivity contribution is -0.142. The van der Waals surface area contributed by atoms with Gasteiger partial charge in [0.25, 0.3) is 0 Å². The number of hydrogen-bond acceptors (Lipinski definition) is 8. The Hall–Kier alpha value is -3.07. The molecule has 14 nitrogen and oxygen atoms in total. The van der Waals surface area contributed by atoms with Gasteiger partial charge >= 0.3 is 11.9 Å². The van der Waals surface area contributed by atoms with Crippen LogP contribution in [0.2, 0.25) is 0 Å². The van der Waals surface area contributed by atoms with Gasteiger partial charge in [0.05, 0.1) is 19.0 Å². The number of carbonyl (C=O) groups is 5. The van der Waals surface area contributed by atoms with Gasteiger partial charge in [0.2, 0.25) is 17.7 Å². The molecule has 0 aliphatic rings. The molecule has 0 rings (SSSR count). The van der Waals surface area contributed by atoms with Gasteiger partial charge in [0.1, 0.15) is 12.1 Å². The van der Waals surface area contributed by atoms with Gasteiger partial charge in [-0.15, -0.1) is 0 Å². The topological polar surface area (TPSA) is 252 Å². The highest BCUT2D eigenvalue weighted by molar-refractivity contribution is 7.98. The summed E-state index contributed by atoms with van der Waals surface area (Å²) in [6, 6.07) is -3.59. The molecule has 0 spiro atoms. The molecule has 3 amide bonds. The number of aliphatic imine (C=N–C) groups is 1. The number of thioether (sulfide) groups is 1. The minimum Gasteiger partial charge on any atom is -0.481 e. The van der Waals surface area contributed by atoms with Gasteiger partial charge in [-0.3, -0.25) is 24.2 Å². The molecule has 0 aliphatic carbocycles. The molecule has 0 radical (unpaired) electrons. The number of carboxylic acids is 2. The predicted molar refractivity (Wildman–Crippen MR) is 118 cm³/mol. The number of nitrogens with one attached hydrogen (secondary N) is 3. The summed E-state index contributed by atoms with van der Waals surface area (Å²) in [7, 11) is 0. The Morgan fingerprint density at radius 1 is 1.00 bits per heavy atom. The fourth-order valence-corrected chi connectivity index (χ4v) is 2.83. The summed E-state index contributed by atoms with van der Waals surface area (Å²) < 4.78 is 0. The Kier molecular flexibility index (Phi) is 14.2. The first-order valence-corrected chi connectivity index (χ1v) is 11.0. The molecule has 15 heteroatoms. The van der Waals surface area contributed by atoms with E-state index in [0.717, 1.165) is 0 Å². The predicted octanol–water partition coefficient (Wildman–Crippen LogP) is -3.23. The number of rotatable bonds is 16. The molecule has 3 unspecified atom stereocenters. The Balaban J connectivity index is 5.02. The molecule has 3 atom stereocenters. The van der Waals surface area contributed by atoms with Gasteiger partial charge in [-0.1, -0.05) is 0 Å². The fraction of sp³-hybridized carbons (Fsp3) is 0.647. The maximum Gasteiger partial charge on any atom is 0.326 e. The highest BCUT2D eigenvalue weighted by Gasteiger charge is 2.26. The first kappa shape index (κ1) is 28.9. The standard InChI is InChI=1S/C17H31N7O7S/c1-32-6-4-11(16(30)31)24-15(29)10(3-2-5-21-17(19)20)23-12(25)8-22-14(28)9(18)7-13(26)27/h9-11H,2-8,18H2,1H3,(H,22,28)(H,23,25)(H,24,29)(H,26,27)(H,30,31)(H4,19,20,21). The van der Waals surface area contributed by atoms with E-state index in [9.17, 15) is 29.1 Å². The molecule has 11 N–H and O–H groups in total. The van der Waals surface area contributed by atoms with Crippen LogP contribution < -0.4 is 33.2 Å². The van der Waals surface area contributed by atoms with Gasteiger partial charge in [-0.05, 0) is 31.3 Å². The van der Waals surface area contributed by atoms with Crippen LogP contribution in [0.25, 0.3) is 0 Å². The van der Waals surface area contributed by atoms with E-state index in [2.05, 4.69) is 20.9 Å². The Morgan fingerprint density at radius 2 is 1.66 bits per heavy atom. The van der Waals surface area contributed by atoms with Gasteiger partial charge in [0.15, 0.2) is 5.96 Å². The molecule has 0 aliphatic heterocycles. The summed E-state index contributed by atoms with van der Waals surface area (Å²) >= 11 is 1.42. The molecule has 0 aromatic carbocycles. The molecule has 32 heavy (non-hydrogen) atoms. The van der Waals surface area contributed by atoms with Crippen molar-refractivity contribution in [3.63, 3.8) is 0 Å². The maximum atomic E-state index is 12.6. The molecule has 0 saturated carbocycles. The second-order valence-electron chi connectivity index (χ2n) is 6.67. The number of hydrogen-bond donors (Lipinski definition) is 8. The van der Waals surface area contributed by atoms with E-state index < -0.39 is 60.8 Å². The average molecular weight is 478 g/mol. The summed E-state index contributed by atoms with van der Waals surface area (Å²) in [4.78, 5) is 62.3. The van der Waals surface area contributed by atoms with Crippen molar-refractivity contribution in [2.45, 2.75) is 43.8 Å².